The fourth-order valence-corrected chi connectivity index (χ4v) is 2.35. The molecule has 0 aliphatic heterocycles. The average Bonchev–Trinajstić information content (AvgIpc) is 2.86. The van der Waals surface area contributed by atoms with Crippen LogP contribution in [0.25, 0.3) is 0 Å². The molecule has 5 nitrogen and oxygen atoms in total. The van der Waals surface area contributed by atoms with Crippen LogP contribution in [0.1, 0.15) is 10.4 Å². The monoisotopic (exact) mass is 384 g/mol. The molecule has 0 bridgehead atoms. The van der Waals surface area contributed by atoms with Crippen LogP contribution in [0.15, 0.2) is 24.4 Å². The van der Waals surface area contributed by atoms with Gasteiger partial charge >= 0.3 is 0 Å². The highest BCUT2D eigenvalue weighted by Crippen LogP contribution is 2.14. The van der Waals surface area contributed by atoms with Gasteiger partial charge in [0.1, 0.15) is 0 Å². The number of carbonyl (C=O) groups is 1. The second-order valence-corrected chi connectivity index (χ2v) is 5.59. The van der Waals surface area contributed by atoms with Crippen LogP contribution in [0.3, 0.4) is 0 Å². The normalized spacial score (nSPS) is 11.1. The Morgan fingerprint density at radius 2 is 2.00 bits per heavy atom. The first-order chi connectivity index (χ1) is 9.95. The van der Waals surface area contributed by atoms with E-state index in [1.807, 2.05) is 0 Å². The molecule has 1 heterocycles. The lowest BCUT2D eigenvalue weighted by atomic mass is 10.1. The quantitative estimate of drug-likeness (QED) is 0.734. The van der Waals surface area contributed by atoms with Gasteiger partial charge in [-0.15, -0.1) is 36.2 Å². The summed E-state index contributed by atoms with van der Waals surface area (Å²) in [6, 6.07) is 2.59. The average molecular weight is 385 g/mol. The summed E-state index contributed by atoms with van der Waals surface area (Å²) in [5.74, 6) is -2.27. The van der Waals surface area contributed by atoms with Crippen molar-refractivity contribution in [3.8, 4) is 0 Å². The Morgan fingerprint density at radius 3 is 2.57 bits per heavy atom. The third-order valence-electron chi connectivity index (χ3n) is 2.78. The van der Waals surface area contributed by atoms with Gasteiger partial charge in [0.25, 0.3) is 0 Å². The van der Waals surface area contributed by atoms with Gasteiger partial charge in [-0.25, -0.2) is 13.8 Å². The number of nitrogen functional groups attached to an aromatic ring is 1. The third-order valence-corrected chi connectivity index (χ3v) is 3.61. The van der Waals surface area contributed by atoms with Crippen molar-refractivity contribution in [1.29, 1.82) is 0 Å². The molecule has 0 radical (unpaired) electrons. The summed E-state index contributed by atoms with van der Waals surface area (Å²) in [4.78, 5) is 16.5. The molecule has 1 atom stereocenters. The standard InChI is InChI=1S/C13H14F2N4OS.2ClH/c14-9-2-1-7(3-10(9)15)4-11(16)12(20)18-5-8-6-19-13(17)21-8;;/h1-3,6,11H,4-5,16H2,(H2,17,19)(H,18,20);2*1H/t11-;;/m0../s1. The van der Waals surface area contributed by atoms with Gasteiger partial charge in [-0.05, 0) is 24.1 Å². The lowest BCUT2D eigenvalue weighted by Crippen LogP contribution is -2.41. The molecule has 0 spiro atoms. The van der Waals surface area contributed by atoms with Crippen LogP contribution in [0.2, 0.25) is 0 Å². The molecule has 0 saturated heterocycles. The van der Waals surface area contributed by atoms with Crippen LogP contribution in [-0.2, 0) is 17.8 Å². The predicted octanol–water partition coefficient (Wildman–Crippen LogP) is 2.03. The van der Waals surface area contributed by atoms with E-state index < -0.39 is 17.7 Å². The van der Waals surface area contributed by atoms with Crippen molar-refractivity contribution in [2.24, 2.45) is 5.73 Å². The molecule has 0 unspecified atom stereocenters. The van der Waals surface area contributed by atoms with E-state index in [-0.39, 0.29) is 43.7 Å². The molecule has 0 fully saturated rings. The van der Waals surface area contributed by atoms with Crippen LogP contribution in [0.5, 0.6) is 0 Å². The smallest absolute Gasteiger partial charge is 0.237 e. The lowest BCUT2D eigenvalue weighted by Gasteiger charge is -2.12. The predicted molar refractivity (Wildman–Crippen MR) is 90.9 cm³/mol. The second kappa shape index (κ2) is 9.61. The maximum Gasteiger partial charge on any atom is 0.237 e. The highest BCUT2D eigenvalue weighted by atomic mass is 35.5. The minimum absolute atomic E-state index is 0. The Balaban J connectivity index is 0.00000242. The van der Waals surface area contributed by atoms with Gasteiger partial charge in [-0.3, -0.25) is 4.79 Å². The van der Waals surface area contributed by atoms with Crippen molar-refractivity contribution >= 4 is 47.2 Å². The van der Waals surface area contributed by atoms with Gasteiger partial charge < -0.3 is 16.8 Å². The number of amides is 1. The number of nitrogens with one attached hydrogen (secondary N) is 1. The number of anilines is 1. The minimum Gasteiger partial charge on any atom is -0.375 e. The van der Waals surface area contributed by atoms with Crippen LogP contribution in [-0.4, -0.2) is 16.9 Å². The van der Waals surface area contributed by atoms with E-state index in [0.717, 1.165) is 17.0 Å². The second-order valence-electron chi connectivity index (χ2n) is 4.44. The number of aromatic nitrogens is 1. The first-order valence-corrected chi connectivity index (χ1v) is 6.94. The molecule has 23 heavy (non-hydrogen) atoms. The summed E-state index contributed by atoms with van der Waals surface area (Å²) in [6.07, 6.45) is 1.69. The SMILES string of the molecule is Cl.Cl.Nc1ncc(CNC(=O)[C@@H](N)Cc2ccc(F)c(F)c2)s1. The van der Waals surface area contributed by atoms with Crippen molar-refractivity contribution in [1.82, 2.24) is 10.3 Å². The summed E-state index contributed by atoms with van der Waals surface area (Å²) >= 11 is 1.27. The third kappa shape index (κ3) is 6.26. The Bertz CT molecular complexity index is 657. The molecule has 2 rings (SSSR count). The zero-order valence-corrected chi connectivity index (χ0v) is 14.2. The molecule has 10 heteroatoms. The Kier molecular flexibility index (Phi) is 8.99. The van der Waals surface area contributed by atoms with E-state index in [0.29, 0.717) is 10.7 Å². The van der Waals surface area contributed by atoms with E-state index in [1.54, 1.807) is 6.20 Å². The number of benzene rings is 1. The van der Waals surface area contributed by atoms with Gasteiger partial charge in [0.15, 0.2) is 16.8 Å². The van der Waals surface area contributed by atoms with Crippen LogP contribution in [0, 0.1) is 11.6 Å². The maximum atomic E-state index is 13.1. The van der Waals surface area contributed by atoms with E-state index in [2.05, 4.69) is 10.3 Å². The topological polar surface area (TPSA) is 94.0 Å². The molecule has 1 aromatic heterocycles. The zero-order valence-electron chi connectivity index (χ0n) is 11.8. The first kappa shape index (κ1) is 21.5. The van der Waals surface area contributed by atoms with E-state index in [4.69, 9.17) is 11.5 Å². The largest absolute Gasteiger partial charge is 0.375 e. The number of hydrogen-bond donors (Lipinski definition) is 3. The number of nitrogens with two attached hydrogens (primary N) is 2. The summed E-state index contributed by atoms with van der Waals surface area (Å²) in [6.45, 7) is 0.277. The van der Waals surface area contributed by atoms with Crippen molar-refractivity contribution in [3.05, 3.63) is 46.5 Å². The van der Waals surface area contributed by atoms with Gasteiger partial charge in [-0.2, -0.15) is 0 Å². The number of halogens is 4. The fraction of sp³-hybridized carbons (Fsp3) is 0.231. The van der Waals surface area contributed by atoms with Gasteiger partial charge in [0, 0.05) is 11.1 Å². The molecule has 5 N–H and O–H groups in total. The Hall–Kier alpha value is -1.48. The molecule has 1 aromatic carbocycles. The molecular formula is C13H16Cl2F2N4OS. The molecule has 128 valence electrons. The molecule has 1 amide bonds. The highest BCUT2D eigenvalue weighted by Gasteiger charge is 2.15. The van der Waals surface area contributed by atoms with Crippen molar-refractivity contribution in [2.75, 3.05) is 5.73 Å². The van der Waals surface area contributed by atoms with E-state index in [9.17, 15) is 13.6 Å². The van der Waals surface area contributed by atoms with E-state index in [1.165, 1.54) is 17.4 Å². The van der Waals surface area contributed by atoms with Crippen molar-refractivity contribution < 1.29 is 13.6 Å². The minimum atomic E-state index is -0.958. The van der Waals surface area contributed by atoms with Crippen LogP contribution >= 0.6 is 36.2 Å². The van der Waals surface area contributed by atoms with Crippen LogP contribution in [0.4, 0.5) is 13.9 Å². The maximum absolute atomic E-state index is 13.1. The molecule has 2 aromatic rings. The van der Waals surface area contributed by atoms with Gasteiger partial charge in [-0.1, -0.05) is 6.07 Å². The molecule has 0 aliphatic rings. The Labute approximate surface area is 148 Å². The number of nitrogens with zero attached hydrogens (tertiary/aromatic N) is 1. The highest BCUT2D eigenvalue weighted by molar-refractivity contribution is 7.15. The molecule has 0 saturated carbocycles. The summed E-state index contributed by atoms with van der Waals surface area (Å²) in [7, 11) is 0. The van der Waals surface area contributed by atoms with Crippen molar-refractivity contribution in [3.63, 3.8) is 0 Å². The summed E-state index contributed by atoms with van der Waals surface area (Å²) in [5, 5.41) is 3.06. The fourth-order valence-electron chi connectivity index (χ4n) is 1.72. The summed E-state index contributed by atoms with van der Waals surface area (Å²) in [5.41, 5.74) is 11.7. The first-order valence-electron chi connectivity index (χ1n) is 6.13. The number of thiazole rings is 1. The van der Waals surface area contributed by atoms with Crippen molar-refractivity contribution in [2.45, 2.75) is 19.0 Å². The summed E-state index contributed by atoms with van der Waals surface area (Å²) < 4.78 is 25.9. The Morgan fingerprint density at radius 1 is 1.30 bits per heavy atom. The number of carbonyl (C=O) groups excluding carboxylic acids is 1. The van der Waals surface area contributed by atoms with Gasteiger partial charge in [0.05, 0.1) is 12.6 Å². The van der Waals surface area contributed by atoms with E-state index >= 15 is 0 Å². The lowest BCUT2D eigenvalue weighted by molar-refractivity contribution is -0.122. The van der Waals surface area contributed by atoms with Gasteiger partial charge in [0.2, 0.25) is 5.91 Å². The molecular weight excluding hydrogens is 369 g/mol. The number of rotatable bonds is 5. The molecule has 0 aliphatic carbocycles. The number of hydrogen-bond acceptors (Lipinski definition) is 5. The van der Waals surface area contributed by atoms with Crippen LogP contribution < -0.4 is 16.8 Å². The zero-order chi connectivity index (χ0) is 15.4.